The second-order valence-corrected chi connectivity index (χ2v) is 6.25. The van der Waals surface area contributed by atoms with Crippen LogP contribution in [0.25, 0.3) is 6.08 Å². The summed E-state index contributed by atoms with van der Waals surface area (Å²) in [4.78, 5) is 34.7. The molecule has 27 heavy (non-hydrogen) atoms. The topological polar surface area (TPSA) is 72.5 Å². The highest BCUT2D eigenvalue weighted by molar-refractivity contribution is 6.35. The van der Waals surface area contributed by atoms with E-state index in [1.807, 2.05) is 0 Å². The van der Waals surface area contributed by atoms with Gasteiger partial charge >= 0.3 is 5.97 Å². The number of rotatable bonds is 6. The Bertz CT molecular complexity index is 928. The van der Waals surface area contributed by atoms with Crippen LogP contribution in [0.4, 0.5) is 10.1 Å². The molecule has 140 valence electrons. The highest BCUT2D eigenvalue weighted by Crippen LogP contribution is 2.22. The highest BCUT2D eigenvalue weighted by atomic mass is 35.5. The third-order valence-electron chi connectivity index (χ3n) is 3.30. The molecule has 0 saturated carbocycles. The molecule has 0 unspecified atom stereocenters. The van der Waals surface area contributed by atoms with Gasteiger partial charge in [0.05, 0.1) is 5.56 Å². The standard InChI is InChI=1S/C19H14Cl2FNO4/c1-11(24)23-14-5-6-15(17(22)9-14)18(25)10-27-19(26)7-3-12-2-4-13(20)8-16(12)21/h2-9H,10H2,1H3,(H,23,24)/b7-3+. The van der Waals surface area contributed by atoms with Crippen molar-refractivity contribution in [1.82, 2.24) is 0 Å². The number of nitrogens with one attached hydrogen (secondary N) is 1. The molecule has 0 aromatic heterocycles. The molecule has 0 aliphatic rings. The maximum atomic E-state index is 14.0. The quantitative estimate of drug-likeness (QED) is 0.432. The third kappa shape index (κ3) is 6.20. The number of amides is 1. The van der Waals surface area contributed by atoms with Gasteiger partial charge in [0.1, 0.15) is 5.82 Å². The third-order valence-corrected chi connectivity index (χ3v) is 3.86. The summed E-state index contributed by atoms with van der Waals surface area (Å²) in [6.07, 6.45) is 2.51. The fourth-order valence-corrected chi connectivity index (χ4v) is 2.55. The minimum atomic E-state index is -0.828. The Morgan fingerprint density at radius 1 is 1.15 bits per heavy atom. The van der Waals surface area contributed by atoms with Gasteiger partial charge in [0.15, 0.2) is 6.61 Å². The van der Waals surface area contributed by atoms with E-state index >= 15 is 0 Å². The molecule has 0 bridgehead atoms. The number of carbonyl (C=O) groups excluding carboxylic acids is 3. The molecule has 2 rings (SSSR count). The number of ketones is 1. The van der Waals surface area contributed by atoms with E-state index in [0.29, 0.717) is 15.6 Å². The van der Waals surface area contributed by atoms with Gasteiger partial charge < -0.3 is 10.1 Å². The largest absolute Gasteiger partial charge is 0.454 e. The van der Waals surface area contributed by atoms with Crippen molar-refractivity contribution in [2.24, 2.45) is 0 Å². The second-order valence-electron chi connectivity index (χ2n) is 5.41. The monoisotopic (exact) mass is 409 g/mol. The molecule has 2 aromatic rings. The van der Waals surface area contributed by atoms with E-state index in [2.05, 4.69) is 5.32 Å². The van der Waals surface area contributed by atoms with E-state index in [1.165, 1.54) is 31.2 Å². The van der Waals surface area contributed by atoms with Crippen LogP contribution in [0.5, 0.6) is 0 Å². The van der Waals surface area contributed by atoms with Crippen LogP contribution < -0.4 is 5.32 Å². The number of benzene rings is 2. The zero-order valence-electron chi connectivity index (χ0n) is 14.1. The lowest BCUT2D eigenvalue weighted by atomic mass is 10.1. The van der Waals surface area contributed by atoms with Gasteiger partial charge in [0.2, 0.25) is 11.7 Å². The Labute approximate surface area is 164 Å². The summed E-state index contributed by atoms with van der Waals surface area (Å²) in [5, 5.41) is 3.20. The molecule has 0 spiro atoms. The normalized spacial score (nSPS) is 10.7. The van der Waals surface area contributed by atoms with Gasteiger partial charge in [0, 0.05) is 28.7 Å². The van der Waals surface area contributed by atoms with Crippen molar-refractivity contribution in [3.63, 3.8) is 0 Å². The van der Waals surface area contributed by atoms with Crippen LogP contribution in [0.15, 0.2) is 42.5 Å². The lowest BCUT2D eigenvalue weighted by Crippen LogP contribution is -2.14. The molecule has 0 atom stereocenters. The van der Waals surface area contributed by atoms with Crippen molar-refractivity contribution in [3.8, 4) is 0 Å². The SMILES string of the molecule is CC(=O)Nc1ccc(C(=O)COC(=O)/C=C/c2ccc(Cl)cc2Cl)c(F)c1. The molecule has 0 saturated heterocycles. The summed E-state index contributed by atoms with van der Waals surface area (Å²) in [7, 11) is 0. The molecule has 5 nitrogen and oxygen atoms in total. The molecule has 1 amide bonds. The molecule has 0 heterocycles. The van der Waals surface area contributed by atoms with E-state index in [0.717, 1.165) is 12.1 Å². The predicted molar refractivity (Wildman–Crippen MR) is 101 cm³/mol. The average molecular weight is 410 g/mol. The van der Waals surface area contributed by atoms with Crippen LogP contribution >= 0.6 is 23.2 Å². The Morgan fingerprint density at radius 2 is 1.89 bits per heavy atom. The first-order valence-electron chi connectivity index (χ1n) is 7.66. The summed E-state index contributed by atoms with van der Waals surface area (Å²) in [5.41, 5.74) is 0.516. The van der Waals surface area contributed by atoms with Gasteiger partial charge in [-0.05, 0) is 42.0 Å². The Balaban J connectivity index is 1.95. The number of Topliss-reactive ketones (excluding diaryl/α,β-unsaturated/α-hetero) is 1. The number of esters is 1. The van der Waals surface area contributed by atoms with E-state index in [4.69, 9.17) is 27.9 Å². The number of hydrogen-bond donors (Lipinski definition) is 1. The van der Waals surface area contributed by atoms with Crippen molar-refractivity contribution in [3.05, 3.63) is 69.5 Å². The second kappa shape index (κ2) is 9.30. The first kappa shape index (κ1) is 20.6. The van der Waals surface area contributed by atoms with E-state index in [-0.39, 0.29) is 17.2 Å². The molecule has 8 heteroatoms. The van der Waals surface area contributed by atoms with Gasteiger partial charge in [-0.25, -0.2) is 9.18 Å². The van der Waals surface area contributed by atoms with Gasteiger partial charge in [-0.15, -0.1) is 0 Å². The Hall–Kier alpha value is -2.70. The highest BCUT2D eigenvalue weighted by Gasteiger charge is 2.14. The smallest absolute Gasteiger partial charge is 0.331 e. The lowest BCUT2D eigenvalue weighted by molar-refractivity contribution is -0.136. The molecule has 1 N–H and O–H groups in total. The summed E-state index contributed by atoms with van der Waals surface area (Å²) in [5.74, 6) is -2.70. The summed E-state index contributed by atoms with van der Waals surface area (Å²) < 4.78 is 18.8. The van der Waals surface area contributed by atoms with Crippen molar-refractivity contribution >= 4 is 52.6 Å². The first-order valence-corrected chi connectivity index (χ1v) is 8.42. The average Bonchev–Trinajstić information content (AvgIpc) is 2.58. The minimum Gasteiger partial charge on any atom is -0.454 e. The van der Waals surface area contributed by atoms with E-state index < -0.39 is 24.2 Å². The van der Waals surface area contributed by atoms with Gasteiger partial charge in [0.25, 0.3) is 0 Å². The zero-order chi connectivity index (χ0) is 20.0. The van der Waals surface area contributed by atoms with Gasteiger partial charge in [-0.1, -0.05) is 29.3 Å². The number of halogens is 3. The number of carbonyl (C=O) groups is 3. The van der Waals surface area contributed by atoms with Gasteiger partial charge in [-0.2, -0.15) is 0 Å². The van der Waals surface area contributed by atoms with Crippen LogP contribution in [0, 0.1) is 5.82 Å². The van der Waals surface area contributed by atoms with Crippen molar-refractivity contribution in [2.75, 3.05) is 11.9 Å². The molecular formula is C19H14Cl2FNO4. The molecule has 2 aromatic carbocycles. The molecule has 0 aliphatic heterocycles. The van der Waals surface area contributed by atoms with E-state index in [1.54, 1.807) is 12.1 Å². The number of hydrogen-bond acceptors (Lipinski definition) is 4. The summed E-state index contributed by atoms with van der Waals surface area (Å²) >= 11 is 11.8. The maximum Gasteiger partial charge on any atom is 0.331 e. The van der Waals surface area contributed by atoms with Crippen molar-refractivity contribution < 1.29 is 23.5 Å². The maximum absolute atomic E-state index is 14.0. The molecule has 0 aliphatic carbocycles. The fourth-order valence-electron chi connectivity index (χ4n) is 2.08. The van der Waals surface area contributed by atoms with Crippen molar-refractivity contribution in [2.45, 2.75) is 6.92 Å². The number of anilines is 1. The summed E-state index contributed by atoms with van der Waals surface area (Å²) in [6, 6.07) is 8.34. The van der Waals surface area contributed by atoms with Crippen LogP contribution in [0.3, 0.4) is 0 Å². The summed E-state index contributed by atoms with van der Waals surface area (Å²) in [6.45, 7) is 0.648. The van der Waals surface area contributed by atoms with Crippen LogP contribution in [-0.2, 0) is 14.3 Å². The Kier molecular flexibility index (Phi) is 7.10. The lowest BCUT2D eigenvalue weighted by Gasteiger charge is -2.06. The molecular weight excluding hydrogens is 396 g/mol. The molecule has 0 fully saturated rings. The minimum absolute atomic E-state index is 0.219. The van der Waals surface area contributed by atoms with Crippen LogP contribution in [0.2, 0.25) is 10.0 Å². The van der Waals surface area contributed by atoms with Gasteiger partial charge in [-0.3, -0.25) is 9.59 Å². The van der Waals surface area contributed by atoms with E-state index in [9.17, 15) is 18.8 Å². The first-order chi connectivity index (χ1) is 12.8. The number of ether oxygens (including phenoxy) is 1. The Morgan fingerprint density at radius 3 is 2.52 bits per heavy atom. The zero-order valence-corrected chi connectivity index (χ0v) is 15.6. The predicted octanol–water partition coefficient (Wildman–Crippen LogP) is 4.53. The van der Waals surface area contributed by atoms with Crippen molar-refractivity contribution in [1.29, 1.82) is 0 Å². The van der Waals surface area contributed by atoms with Crippen LogP contribution in [0.1, 0.15) is 22.8 Å². The van der Waals surface area contributed by atoms with Crippen LogP contribution in [-0.4, -0.2) is 24.3 Å². The fraction of sp³-hybridized carbons (Fsp3) is 0.105. The molecule has 0 radical (unpaired) electrons.